The molecule has 0 unspecified atom stereocenters. The summed E-state index contributed by atoms with van der Waals surface area (Å²) in [6, 6.07) is 5.76. The van der Waals surface area contributed by atoms with E-state index < -0.39 is 0 Å². The summed E-state index contributed by atoms with van der Waals surface area (Å²) in [6.45, 7) is 2.50. The molecule has 2 N–H and O–H groups in total. The van der Waals surface area contributed by atoms with Crippen molar-refractivity contribution in [3.8, 4) is 0 Å². The first kappa shape index (κ1) is 13.0. The summed E-state index contributed by atoms with van der Waals surface area (Å²) in [4.78, 5) is 25.3. The van der Waals surface area contributed by atoms with Crippen molar-refractivity contribution in [2.45, 2.75) is 24.7 Å². The number of thioether (sulfide) groups is 1. The number of benzene rings is 1. The van der Waals surface area contributed by atoms with Crippen LogP contribution in [-0.2, 0) is 9.59 Å². The van der Waals surface area contributed by atoms with Crippen LogP contribution < -0.4 is 5.73 Å². The molecule has 0 saturated carbocycles. The highest BCUT2D eigenvalue weighted by Crippen LogP contribution is 2.24. The molecule has 1 heterocycles. The summed E-state index contributed by atoms with van der Waals surface area (Å²) < 4.78 is 0. The van der Waals surface area contributed by atoms with E-state index in [1.165, 1.54) is 4.90 Å². The van der Waals surface area contributed by atoms with Gasteiger partial charge in [-0.15, -0.1) is 11.8 Å². The molecule has 96 valence electrons. The fourth-order valence-electron chi connectivity index (χ4n) is 1.95. The van der Waals surface area contributed by atoms with Gasteiger partial charge in [0.25, 0.3) is 0 Å². The highest BCUT2D eigenvalue weighted by Gasteiger charge is 2.28. The standard InChI is InChI=1S/C13H16N2O2S/c1-9-8-10(14)2-3-11(9)18-7-6-15-12(16)4-5-13(15)17/h2-3,8H,4-7,14H2,1H3. The molecule has 1 fully saturated rings. The second-order valence-electron chi connectivity index (χ2n) is 4.31. The topological polar surface area (TPSA) is 63.4 Å². The first-order chi connectivity index (χ1) is 8.58. The maximum Gasteiger partial charge on any atom is 0.229 e. The number of carbonyl (C=O) groups excluding carboxylic acids is 2. The first-order valence-electron chi connectivity index (χ1n) is 5.90. The number of rotatable bonds is 4. The van der Waals surface area contributed by atoms with Gasteiger partial charge in [0.2, 0.25) is 11.8 Å². The molecule has 1 aliphatic heterocycles. The van der Waals surface area contributed by atoms with Gasteiger partial charge in [-0.05, 0) is 30.7 Å². The van der Waals surface area contributed by atoms with E-state index in [-0.39, 0.29) is 11.8 Å². The molecule has 2 amide bonds. The SMILES string of the molecule is Cc1cc(N)ccc1SCCN1C(=O)CCC1=O. The molecular weight excluding hydrogens is 248 g/mol. The van der Waals surface area contributed by atoms with E-state index in [1.54, 1.807) is 11.8 Å². The normalized spacial score (nSPS) is 15.5. The Morgan fingerprint density at radius 2 is 1.94 bits per heavy atom. The van der Waals surface area contributed by atoms with E-state index in [4.69, 9.17) is 5.73 Å². The molecule has 0 bridgehead atoms. The number of carbonyl (C=O) groups is 2. The summed E-state index contributed by atoms with van der Waals surface area (Å²) in [5, 5.41) is 0. The number of hydrogen-bond donors (Lipinski definition) is 1. The number of nitrogens with two attached hydrogens (primary N) is 1. The van der Waals surface area contributed by atoms with Crippen LogP contribution in [0.1, 0.15) is 18.4 Å². The molecule has 0 atom stereocenters. The lowest BCUT2D eigenvalue weighted by atomic mass is 10.2. The Labute approximate surface area is 111 Å². The Bertz CT molecular complexity index is 472. The number of anilines is 1. The number of imide groups is 1. The summed E-state index contributed by atoms with van der Waals surface area (Å²) in [5.74, 6) is 0.631. The van der Waals surface area contributed by atoms with E-state index in [2.05, 4.69) is 0 Å². The number of likely N-dealkylation sites (tertiary alicyclic amines) is 1. The van der Waals surface area contributed by atoms with Gasteiger partial charge in [0.05, 0.1) is 0 Å². The maximum absolute atomic E-state index is 11.4. The number of hydrogen-bond acceptors (Lipinski definition) is 4. The number of amides is 2. The Morgan fingerprint density at radius 1 is 1.28 bits per heavy atom. The Morgan fingerprint density at radius 3 is 2.56 bits per heavy atom. The zero-order valence-electron chi connectivity index (χ0n) is 10.3. The van der Waals surface area contributed by atoms with Gasteiger partial charge in [-0.25, -0.2) is 0 Å². The van der Waals surface area contributed by atoms with Gasteiger partial charge < -0.3 is 5.73 Å². The van der Waals surface area contributed by atoms with Crippen LogP contribution in [0.15, 0.2) is 23.1 Å². The minimum Gasteiger partial charge on any atom is -0.399 e. The Hall–Kier alpha value is -1.49. The summed E-state index contributed by atoms with van der Waals surface area (Å²) >= 11 is 1.64. The molecule has 1 aromatic rings. The molecule has 1 aromatic carbocycles. The highest BCUT2D eigenvalue weighted by molar-refractivity contribution is 7.99. The molecule has 18 heavy (non-hydrogen) atoms. The summed E-state index contributed by atoms with van der Waals surface area (Å²) in [7, 11) is 0. The third kappa shape index (κ3) is 2.85. The maximum atomic E-state index is 11.4. The molecule has 2 rings (SSSR count). The number of nitrogens with zero attached hydrogens (tertiary/aromatic N) is 1. The van der Waals surface area contributed by atoms with Crippen LogP contribution in [0.5, 0.6) is 0 Å². The fraction of sp³-hybridized carbons (Fsp3) is 0.385. The second-order valence-corrected chi connectivity index (χ2v) is 5.45. The van der Waals surface area contributed by atoms with Gasteiger partial charge >= 0.3 is 0 Å². The molecule has 1 aliphatic rings. The van der Waals surface area contributed by atoms with Crippen molar-refractivity contribution in [2.24, 2.45) is 0 Å². The molecule has 0 spiro atoms. The van der Waals surface area contributed by atoms with E-state index in [1.807, 2.05) is 25.1 Å². The lowest BCUT2D eigenvalue weighted by Gasteiger charge is -2.13. The van der Waals surface area contributed by atoms with Crippen molar-refractivity contribution in [2.75, 3.05) is 18.0 Å². The Balaban J connectivity index is 1.88. The van der Waals surface area contributed by atoms with Crippen LogP contribution in [0.3, 0.4) is 0 Å². The Kier molecular flexibility index (Phi) is 3.91. The van der Waals surface area contributed by atoms with E-state index in [0.717, 1.165) is 21.9 Å². The van der Waals surface area contributed by atoms with Gasteiger partial charge in [0.15, 0.2) is 0 Å². The average molecular weight is 264 g/mol. The predicted octanol–water partition coefficient (Wildman–Crippen LogP) is 1.82. The van der Waals surface area contributed by atoms with Crippen LogP contribution in [0.2, 0.25) is 0 Å². The lowest BCUT2D eigenvalue weighted by Crippen LogP contribution is -2.31. The molecule has 0 radical (unpaired) electrons. The quantitative estimate of drug-likeness (QED) is 0.512. The second kappa shape index (κ2) is 5.44. The van der Waals surface area contributed by atoms with E-state index >= 15 is 0 Å². The monoisotopic (exact) mass is 264 g/mol. The van der Waals surface area contributed by atoms with Gasteiger partial charge in [-0.1, -0.05) is 0 Å². The zero-order chi connectivity index (χ0) is 13.1. The highest BCUT2D eigenvalue weighted by atomic mass is 32.2. The fourth-order valence-corrected chi connectivity index (χ4v) is 2.90. The van der Waals surface area contributed by atoms with Crippen LogP contribution >= 0.6 is 11.8 Å². The van der Waals surface area contributed by atoms with Gasteiger partial charge in [-0.2, -0.15) is 0 Å². The molecule has 0 aromatic heterocycles. The average Bonchev–Trinajstić information content (AvgIpc) is 2.63. The van der Waals surface area contributed by atoms with Crippen molar-refractivity contribution < 1.29 is 9.59 Å². The molecule has 5 heteroatoms. The number of nitrogen functional groups attached to an aromatic ring is 1. The third-order valence-electron chi connectivity index (χ3n) is 2.93. The van der Waals surface area contributed by atoms with Crippen LogP contribution in [0.25, 0.3) is 0 Å². The van der Waals surface area contributed by atoms with Crippen molar-refractivity contribution in [1.29, 1.82) is 0 Å². The first-order valence-corrected chi connectivity index (χ1v) is 6.88. The largest absolute Gasteiger partial charge is 0.399 e. The van der Waals surface area contributed by atoms with Gasteiger partial charge in [-0.3, -0.25) is 14.5 Å². The van der Waals surface area contributed by atoms with E-state index in [0.29, 0.717) is 19.4 Å². The molecule has 0 aliphatic carbocycles. The van der Waals surface area contributed by atoms with Crippen LogP contribution in [0.4, 0.5) is 5.69 Å². The summed E-state index contributed by atoms with van der Waals surface area (Å²) in [5.41, 5.74) is 7.56. The molecular formula is C13H16N2O2S. The molecule has 4 nitrogen and oxygen atoms in total. The minimum absolute atomic E-state index is 0.0466. The van der Waals surface area contributed by atoms with Crippen molar-refractivity contribution in [1.82, 2.24) is 4.90 Å². The van der Waals surface area contributed by atoms with E-state index in [9.17, 15) is 9.59 Å². The van der Waals surface area contributed by atoms with Crippen molar-refractivity contribution in [3.63, 3.8) is 0 Å². The zero-order valence-corrected chi connectivity index (χ0v) is 11.1. The van der Waals surface area contributed by atoms with Gasteiger partial charge in [0, 0.05) is 35.7 Å². The molecule has 1 saturated heterocycles. The number of aryl methyl sites for hydroxylation is 1. The van der Waals surface area contributed by atoms with Crippen molar-refractivity contribution in [3.05, 3.63) is 23.8 Å². The van der Waals surface area contributed by atoms with Crippen LogP contribution in [-0.4, -0.2) is 29.0 Å². The lowest BCUT2D eigenvalue weighted by molar-refractivity contribution is -0.137. The summed E-state index contributed by atoms with van der Waals surface area (Å²) in [6.07, 6.45) is 0.731. The third-order valence-corrected chi connectivity index (χ3v) is 4.08. The van der Waals surface area contributed by atoms with Crippen molar-refractivity contribution >= 4 is 29.3 Å². The smallest absolute Gasteiger partial charge is 0.229 e. The van der Waals surface area contributed by atoms with Crippen LogP contribution in [0, 0.1) is 6.92 Å². The van der Waals surface area contributed by atoms with Gasteiger partial charge in [0.1, 0.15) is 0 Å². The predicted molar refractivity (Wildman–Crippen MR) is 72.3 cm³/mol. The minimum atomic E-state index is -0.0466.